The minimum absolute atomic E-state index is 0.320. The van der Waals surface area contributed by atoms with Crippen LogP contribution in [-0.2, 0) is 14.4 Å². The fourth-order valence-corrected chi connectivity index (χ4v) is 3.39. The molecule has 3 aliphatic heterocycles. The zero-order chi connectivity index (χ0) is 17.5. The molecule has 3 heterocycles. The van der Waals surface area contributed by atoms with E-state index >= 15 is 0 Å². The third kappa shape index (κ3) is 2.17. The monoisotopic (exact) mass is 348 g/mol. The van der Waals surface area contributed by atoms with E-state index in [2.05, 4.69) is 15.3 Å². The van der Waals surface area contributed by atoms with E-state index in [1.807, 2.05) is 65.6 Å². The van der Waals surface area contributed by atoms with Gasteiger partial charge >= 0.3 is 0 Å². The predicted molar refractivity (Wildman–Crippen MR) is 95.8 cm³/mol. The van der Waals surface area contributed by atoms with Crippen LogP contribution in [0.5, 0.6) is 0 Å². The second-order valence-electron chi connectivity index (χ2n) is 6.10. The number of fused-ring (bicyclic) bond motifs is 3. The van der Waals surface area contributed by atoms with Gasteiger partial charge in [-0.2, -0.15) is 0 Å². The summed E-state index contributed by atoms with van der Waals surface area (Å²) in [6.07, 6.45) is -0.989. The van der Waals surface area contributed by atoms with Gasteiger partial charge in [-0.05, 0) is 0 Å². The van der Waals surface area contributed by atoms with Gasteiger partial charge in [0.15, 0.2) is 11.9 Å². The second kappa shape index (κ2) is 5.87. The first-order chi connectivity index (χ1) is 12.9. The van der Waals surface area contributed by atoms with Crippen LogP contribution in [0.4, 0.5) is 0 Å². The Morgan fingerprint density at radius 1 is 0.885 bits per heavy atom. The first-order valence-electron chi connectivity index (χ1n) is 8.35. The molecule has 0 saturated heterocycles. The van der Waals surface area contributed by atoms with Gasteiger partial charge in [0, 0.05) is 11.1 Å². The number of nitrogens with zero attached hydrogens (tertiary/aromatic N) is 4. The minimum atomic E-state index is -0.554. The van der Waals surface area contributed by atoms with Crippen molar-refractivity contribution in [3.63, 3.8) is 0 Å². The van der Waals surface area contributed by atoms with Gasteiger partial charge in [-0.1, -0.05) is 71.0 Å². The van der Waals surface area contributed by atoms with Crippen LogP contribution in [0, 0.1) is 0 Å². The Labute approximate surface area is 150 Å². The summed E-state index contributed by atoms with van der Waals surface area (Å²) in [5.41, 5.74) is 2.67. The molecule has 3 aliphatic rings. The summed E-state index contributed by atoms with van der Waals surface area (Å²) in [5.74, 6) is 1.13. The minimum Gasteiger partial charge on any atom is -0.480 e. The molecule has 2 aromatic rings. The summed E-state index contributed by atoms with van der Waals surface area (Å²) in [7, 11) is 1.58. The average Bonchev–Trinajstić information content (AvgIpc) is 3.33. The van der Waals surface area contributed by atoms with Gasteiger partial charge in [0.1, 0.15) is 5.71 Å². The molecule has 7 nitrogen and oxygen atoms in total. The van der Waals surface area contributed by atoms with Crippen LogP contribution in [-0.4, -0.2) is 48.0 Å². The molecule has 3 atom stereocenters. The lowest BCUT2D eigenvalue weighted by molar-refractivity contribution is -0.0745. The smallest absolute Gasteiger partial charge is 0.280 e. The Morgan fingerprint density at radius 3 is 2.27 bits per heavy atom. The molecule has 0 amide bonds. The summed E-state index contributed by atoms with van der Waals surface area (Å²) < 4.78 is 5.48. The molecule has 130 valence electrons. The van der Waals surface area contributed by atoms with Crippen LogP contribution >= 0.6 is 0 Å². The fraction of sp³-hybridized carbons (Fsp3) is 0.211. The van der Waals surface area contributed by atoms with E-state index in [1.165, 1.54) is 0 Å². The highest BCUT2D eigenvalue weighted by atomic mass is 16.7. The summed E-state index contributed by atoms with van der Waals surface area (Å²) >= 11 is 0. The maximum atomic E-state index is 5.77. The van der Waals surface area contributed by atoms with Gasteiger partial charge in [-0.3, -0.25) is 4.90 Å². The van der Waals surface area contributed by atoms with Crippen molar-refractivity contribution in [2.24, 2.45) is 15.3 Å². The van der Waals surface area contributed by atoms with Crippen molar-refractivity contribution in [2.75, 3.05) is 7.11 Å². The number of oxime groups is 2. The number of ether oxygens (including phenoxy) is 1. The molecule has 0 radical (unpaired) electrons. The fourth-order valence-electron chi connectivity index (χ4n) is 3.39. The largest absolute Gasteiger partial charge is 0.480 e. The average molecular weight is 348 g/mol. The number of hydrogen-bond donors (Lipinski definition) is 0. The maximum absolute atomic E-state index is 5.77. The third-order valence-corrected chi connectivity index (χ3v) is 4.61. The Balaban J connectivity index is 1.55. The van der Waals surface area contributed by atoms with Gasteiger partial charge in [0.25, 0.3) is 12.1 Å². The van der Waals surface area contributed by atoms with E-state index in [9.17, 15) is 0 Å². The molecule has 2 aromatic carbocycles. The molecule has 0 aromatic heterocycles. The van der Waals surface area contributed by atoms with Crippen molar-refractivity contribution in [1.29, 1.82) is 0 Å². The highest BCUT2D eigenvalue weighted by Crippen LogP contribution is 2.33. The van der Waals surface area contributed by atoms with E-state index < -0.39 is 12.5 Å². The van der Waals surface area contributed by atoms with Crippen molar-refractivity contribution < 1.29 is 14.4 Å². The van der Waals surface area contributed by atoms with Gasteiger partial charge in [0.2, 0.25) is 6.23 Å². The molecule has 3 unspecified atom stereocenters. The first kappa shape index (κ1) is 14.9. The lowest BCUT2D eigenvalue weighted by atomic mass is 10.0. The molecule has 0 saturated carbocycles. The van der Waals surface area contributed by atoms with Crippen LogP contribution in [0.25, 0.3) is 0 Å². The van der Waals surface area contributed by atoms with Crippen molar-refractivity contribution in [1.82, 2.24) is 4.90 Å². The van der Waals surface area contributed by atoms with Crippen LogP contribution in [0.15, 0.2) is 76.0 Å². The number of benzene rings is 2. The molecule has 0 fully saturated rings. The molecule has 26 heavy (non-hydrogen) atoms. The molecule has 5 rings (SSSR count). The third-order valence-electron chi connectivity index (χ3n) is 4.61. The molecule has 7 heteroatoms. The van der Waals surface area contributed by atoms with E-state index in [0.717, 1.165) is 16.8 Å². The topological polar surface area (TPSA) is 68.0 Å². The standard InChI is InChI=1S/C19H16N4O3/c1-24-17-19-23(16(22-26-19)13-10-6-3-7-11-13)18-15(20-17)14(21-25-18)12-8-4-2-5-9-12/h2-11,15,18-19H,1H3. The van der Waals surface area contributed by atoms with Gasteiger partial charge < -0.3 is 14.4 Å². The predicted octanol–water partition coefficient (Wildman–Crippen LogP) is 2.19. The van der Waals surface area contributed by atoms with Crippen LogP contribution in [0.2, 0.25) is 0 Å². The van der Waals surface area contributed by atoms with Gasteiger partial charge in [-0.25, -0.2) is 4.99 Å². The summed E-state index contributed by atoms with van der Waals surface area (Å²) in [5, 5.41) is 8.57. The maximum Gasteiger partial charge on any atom is 0.280 e. The number of aliphatic imine (C=N–C) groups is 1. The van der Waals surface area contributed by atoms with Gasteiger partial charge in [-0.15, -0.1) is 0 Å². The highest BCUT2D eigenvalue weighted by molar-refractivity contribution is 6.09. The van der Waals surface area contributed by atoms with Crippen LogP contribution in [0.1, 0.15) is 11.1 Å². The van der Waals surface area contributed by atoms with E-state index in [4.69, 9.17) is 14.4 Å². The van der Waals surface area contributed by atoms with Crippen LogP contribution < -0.4 is 0 Å². The van der Waals surface area contributed by atoms with Crippen molar-refractivity contribution in [3.8, 4) is 0 Å². The number of amidine groups is 1. The Kier molecular flexibility index (Phi) is 3.38. The van der Waals surface area contributed by atoms with Gasteiger partial charge in [0.05, 0.1) is 7.11 Å². The highest BCUT2D eigenvalue weighted by Gasteiger charge is 2.52. The summed E-state index contributed by atoms with van der Waals surface area (Å²) in [6.45, 7) is 0. The SMILES string of the molecule is COC1=NC2C(c3ccccc3)=NOC2N2C(c3ccccc3)=NOC12. The second-order valence-corrected chi connectivity index (χ2v) is 6.10. The number of methoxy groups -OCH3 is 1. The Bertz CT molecular complexity index is 911. The van der Waals surface area contributed by atoms with Crippen molar-refractivity contribution >= 4 is 17.4 Å². The van der Waals surface area contributed by atoms with E-state index in [1.54, 1.807) is 7.11 Å². The number of hydrogen-bond acceptors (Lipinski definition) is 7. The molecule has 0 N–H and O–H groups in total. The Morgan fingerprint density at radius 2 is 1.58 bits per heavy atom. The Hall–Kier alpha value is -3.35. The first-order valence-corrected chi connectivity index (χ1v) is 8.35. The number of rotatable bonds is 2. The summed E-state index contributed by atoms with van der Waals surface area (Å²) in [4.78, 5) is 18.0. The normalized spacial score (nSPS) is 26.0. The molecule has 0 spiro atoms. The molecule has 0 bridgehead atoms. The zero-order valence-corrected chi connectivity index (χ0v) is 14.0. The quantitative estimate of drug-likeness (QED) is 0.834. The lowest BCUT2D eigenvalue weighted by Crippen LogP contribution is -2.57. The molecular weight excluding hydrogens is 332 g/mol. The van der Waals surface area contributed by atoms with Crippen molar-refractivity contribution in [3.05, 3.63) is 71.8 Å². The van der Waals surface area contributed by atoms with Crippen LogP contribution in [0.3, 0.4) is 0 Å². The van der Waals surface area contributed by atoms with E-state index in [-0.39, 0.29) is 6.04 Å². The van der Waals surface area contributed by atoms with Crippen molar-refractivity contribution in [2.45, 2.75) is 18.5 Å². The van der Waals surface area contributed by atoms with E-state index in [0.29, 0.717) is 11.7 Å². The lowest BCUT2D eigenvalue weighted by Gasteiger charge is -2.35. The molecule has 0 aliphatic carbocycles. The molecular formula is C19H16N4O3. The zero-order valence-electron chi connectivity index (χ0n) is 14.0. The summed E-state index contributed by atoms with van der Waals surface area (Å²) in [6, 6.07) is 19.4.